The number of carbonyl (C=O) groups excluding carboxylic acids is 2. The molecule has 0 aliphatic rings. The Morgan fingerprint density at radius 3 is 0.817 bits per heavy atom. The number of hydrogen-bond acceptors (Lipinski definition) is 5. The molecule has 5 nitrogen and oxygen atoms in total. The van der Waals surface area contributed by atoms with E-state index in [0.29, 0.717) is 12.8 Å². The van der Waals surface area contributed by atoms with Gasteiger partial charge >= 0.3 is 11.9 Å². The molecule has 0 amide bonds. The maximum absolute atomic E-state index is 12.3. The molecule has 0 aliphatic heterocycles. The minimum absolute atomic E-state index is 0.0946. The summed E-state index contributed by atoms with van der Waals surface area (Å²) in [7, 11) is 0. The van der Waals surface area contributed by atoms with Gasteiger partial charge in [-0.2, -0.15) is 0 Å². The highest BCUT2D eigenvalue weighted by atomic mass is 16.6. The van der Waals surface area contributed by atoms with Crippen LogP contribution >= 0.6 is 0 Å². The van der Waals surface area contributed by atoms with Gasteiger partial charge in [-0.05, 0) is 141 Å². The lowest BCUT2D eigenvalue weighted by atomic mass is 10.0. The fourth-order valence-corrected chi connectivity index (χ4v) is 8.72. The number of esters is 2. The standard InChI is InChI=1S/C77H122O5/c1-3-5-7-9-11-13-15-17-19-21-23-25-27-29-31-33-34-35-36-37-38-39-40-41-42-44-46-48-50-52-54-56-58-60-62-64-66-68-70-72-77(80)82-75(73-78)74-81-76(79)71-69-67-65-63-61-59-57-55-53-51-49-47-45-43-32-30-28-26-24-22-20-18-16-14-12-10-8-6-4-2/h5,7,11,13,16-19,22-25,28-31,34-35,37-38,40-41,44,46,50,52,56,58,62,64,75,78H,3-4,6,8-10,12,14-15,20-21,26-27,32-33,36,39,42-43,45,47-49,51,53-55,57,59-61,63,65-74H2,1-2H3/b7-5-,13-11-,18-16-,19-17-,24-22-,25-23-,30-28-,31-29-,35-34-,38-37-,41-40-,46-44-,52-50-,58-56-,64-62-. The fraction of sp³-hybridized carbons (Fsp3) is 0.584. The van der Waals surface area contributed by atoms with Gasteiger partial charge in [0, 0.05) is 12.8 Å². The lowest BCUT2D eigenvalue weighted by Gasteiger charge is -2.15. The van der Waals surface area contributed by atoms with Gasteiger partial charge in [0.1, 0.15) is 6.61 Å². The van der Waals surface area contributed by atoms with Gasteiger partial charge < -0.3 is 14.6 Å². The Kier molecular flexibility index (Phi) is 66.0. The molecule has 0 aliphatic carbocycles. The van der Waals surface area contributed by atoms with E-state index in [1.54, 1.807) is 0 Å². The van der Waals surface area contributed by atoms with Gasteiger partial charge in [0.2, 0.25) is 0 Å². The van der Waals surface area contributed by atoms with Gasteiger partial charge in [-0.1, -0.05) is 299 Å². The summed E-state index contributed by atoms with van der Waals surface area (Å²) in [4.78, 5) is 24.6. The molecule has 0 heterocycles. The molecule has 0 radical (unpaired) electrons. The molecule has 1 N–H and O–H groups in total. The van der Waals surface area contributed by atoms with Crippen LogP contribution < -0.4 is 0 Å². The molecule has 0 fully saturated rings. The highest BCUT2D eigenvalue weighted by Crippen LogP contribution is 2.15. The molecule has 0 saturated heterocycles. The fourth-order valence-electron chi connectivity index (χ4n) is 8.72. The Morgan fingerprint density at radius 2 is 0.524 bits per heavy atom. The van der Waals surface area contributed by atoms with Crippen LogP contribution in [0.15, 0.2) is 182 Å². The van der Waals surface area contributed by atoms with Crippen molar-refractivity contribution >= 4 is 11.9 Å². The first-order valence-corrected chi connectivity index (χ1v) is 33.3. The minimum Gasteiger partial charge on any atom is -0.462 e. The van der Waals surface area contributed by atoms with Crippen LogP contribution in [-0.4, -0.2) is 36.4 Å². The number of carbonyl (C=O) groups is 2. The zero-order valence-corrected chi connectivity index (χ0v) is 52.7. The number of ether oxygens (including phenoxy) is 2. The predicted molar refractivity (Wildman–Crippen MR) is 361 cm³/mol. The molecule has 0 bridgehead atoms. The summed E-state index contributed by atoms with van der Waals surface area (Å²) in [6, 6.07) is 0. The first-order chi connectivity index (χ1) is 40.6. The molecular formula is C77H122O5. The molecule has 1 atom stereocenters. The Labute approximate surface area is 505 Å². The van der Waals surface area contributed by atoms with Crippen molar-refractivity contribution in [2.45, 2.75) is 277 Å². The Balaban J connectivity index is 3.65. The summed E-state index contributed by atoms with van der Waals surface area (Å²) < 4.78 is 10.7. The molecule has 0 aromatic heterocycles. The summed E-state index contributed by atoms with van der Waals surface area (Å²) >= 11 is 0. The van der Waals surface area contributed by atoms with Crippen molar-refractivity contribution in [1.29, 1.82) is 0 Å². The summed E-state index contributed by atoms with van der Waals surface area (Å²) in [5.41, 5.74) is 0. The zero-order valence-electron chi connectivity index (χ0n) is 52.7. The van der Waals surface area contributed by atoms with Gasteiger partial charge in [-0.15, -0.1) is 0 Å². The van der Waals surface area contributed by atoms with Crippen molar-refractivity contribution < 1.29 is 24.2 Å². The maximum atomic E-state index is 12.3. The van der Waals surface area contributed by atoms with E-state index in [-0.39, 0.29) is 31.6 Å². The highest BCUT2D eigenvalue weighted by Gasteiger charge is 2.16. The second-order valence-corrected chi connectivity index (χ2v) is 21.5. The molecule has 82 heavy (non-hydrogen) atoms. The molecule has 0 saturated carbocycles. The van der Waals surface area contributed by atoms with Crippen LogP contribution in [-0.2, 0) is 19.1 Å². The van der Waals surface area contributed by atoms with Crippen molar-refractivity contribution in [3.05, 3.63) is 182 Å². The van der Waals surface area contributed by atoms with Gasteiger partial charge in [0.05, 0.1) is 6.61 Å². The van der Waals surface area contributed by atoms with Crippen LogP contribution in [0.2, 0.25) is 0 Å². The van der Waals surface area contributed by atoms with E-state index < -0.39 is 6.10 Å². The Bertz CT molecular complexity index is 1850. The van der Waals surface area contributed by atoms with E-state index in [1.165, 1.54) is 116 Å². The van der Waals surface area contributed by atoms with Crippen LogP contribution in [0, 0.1) is 0 Å². The normalized spacial score (nSPS) is 13.5. The number of unbranched alkanes of at least 4 members (excludes halogenated alkanes) is 21. The average Bonchev–Trinajstić information content (AvgIpc) is 3.49. The molecule has 0 spiro atoms. The van der Waals surface area contributed by atoms with E-state index in [0.717, 1.165) is 122 Å². The van der Waals surface area contributed by atoms with E-state index >= 15 is 0 Å². The third-order valence-electron chi connectivity index (χ3n) is 13.7. The average molecular weight is 1130 g/mol. The molecule has 0 rings (SSSR count). The number of hydrogen-bond donors (Lipinski definition) is 1. The lowest BCUT2D eigenvalue weighted by molar-refractivity contribution is -0.161. The van der Waals surface area contributed by atoms with Crippen LogP contribution in [0.3, 0.4) is 0 Å². The SMILES string of the molecule is CC/C=C\C/C=C\C/C=C\C/C=C\C/C=C\C/C=C\C/C=C\C/C=C\C/C=C\C/C=C\C/C=C\C/C=C\CCCCC(=O)OC(CO)COC(=O)CCCCCCCCCCCCCCCC/C=C\C/C=C\C/C=C\CCCCCCC. The monoisotopic (exact) mass is 1130 g/mol. The number of rotatable bonds is 59. The first kappa shape index (κ1) is 77.0. The second kappa shape index (κ2) is 70.3. The molecule has 1 unspecified atom stereocenters. The summed E-state index contributed by atoms with van der Waals surface area (Å²) in [5, 5.41) is 9.68. The molecule has 5 heteroatoms. The molecule has 0 aromatic rings. The van der Waals surface area contributed by atoms with Crippen molar-refractivity contribution in [2.24, 2.45) is 0 Å². The number of aliphatic hydroxyl groups excluding tert-OH is 1. The molecular weight excluding hydrogens is 1000 g/mol. The number of aliphatic hydroxyl groups is 1. The highest BCUT2D eigenvalue weighted by molar-refractivity contribution is 5.70. The van der Waals surface area contributed by atoms with Crippen LogP contribution in [0.4, 0.5) is 0 Å². The van der Waals surface area contributed by atoms with Gasteiger partial charge in [0.25, 0.3) is 0 Å². The third-order valence-corrected chi connectivity index (χ3v) is 13.7. The lowest BCUT2D eigenvalue weighted by Crippen LogP contribution is -2.28. The van der Waals surface area contributed by atoms with E-state index in [1.807, 2.05) is 0 Å². The minimum atomic E-state index is -0.811. The van der Waals surface area contributed by atoms with Crippen LogP contribution in [0.5, 0.6) is 0 Å². The quantitative estimate of drug-likeness (QED) is 0.0373. The van der Waals surface area contributed by atoms with E-state index in [4.69, 9.17) is 9.47 Å². The van der Waals surface area contributed by atoms with Gasteiger partial charge in [-0.25, -0.2) is 0 Å². The first-order valence-electron chi connectivity index (χ1n) is 33.3. The summed E-state index contributed by atoms with van der Waals surface area (Å²) in [6.45, 7) is 3.98. The van der Waals surface area contributed by atoms with Gasteiger partial charge in [0.15, 0.2) is 6.10 Å². The Morgan fingerprint density at radius 1 is 0.293 bits per heavy atom. The maximum Gasteiger partial charge on any atom is 0.306 e. The largest absolute Gasteiger partial charge is 0.462 e. The van der Waals surface area contributed by atoms with Crippen LogP contribution in [0.1, 0.15) is 271 Å². The topological polar surface area (TPSA) is 72.8 Å². The molecule has 460 valence electrons. The third kappa shape index (κ3) is 67.5. The summed E-state index contributed by atoms with van der Waals surface area (Å²) in [6.07, 6.45) is 110. The summed E-state index contributed by atoms with van der Waals surface area (Å²) in [5.74, 6) is -0.651. The van der Waals surface area contributed by atoms with Crippen molar-refractivity contribution in [2.75, 3.05) is 13.2 Å². The van der Waals surface area contributed by atoms with Crippen molar-refractivity contribution in [3.8, 4) is 0 Å². The van der Waals surface area contributed by atoms with E-state index in [2.05, 4.69) is 196 Å². The predicted octanol–water partition coefficient (Wildman–Crippen LogP) is 23.4. The van der Waals surface area contributed by atoms with Gasteiger partial charge in [-0.3, -0.25) is 9.59 Å². The van der Waals surface area contributed by atoms with Crippen molar-refractivity contribution in [3.63, 3.8) is 0 Å². The Hall–Kier alpha value is -5.00. The van der Waals surface area contributed by atoms with E-state index in [9.17, 15) is 14.7 Å². The van der Waals surface area contributed by atoms with Crippen LogP contribution in [0.25, 0.3) is 0 Å². The molecule has 0 aromatic carbocycles. The van der Waals surface area contributed by atoms with Crippen molar-refractivity contribution in [1.82, 2.24) is 0 Å². The smallest absolute Gasteiger partial charge is 0.306 e. The number of allylic oxidation sites excluding steroid dienone is 30. The second-order valence-electron chi connectivity index (χ2n) is 21.5. The zero-order chi connectivity index (χ0) is 59.1.